The van der Waals surface area contributed by atoms with E-state index in [1.54, 1.807) is 0 Å². The van der Waals surface area contributed by atoms with Crippen molar-refractivity contribution in [2.45, 2.75) is 20.5 Å². The summed E-state index contributed by atoms with van der Waals surface area (Å²) < 4.78 is 6.59. The van der Waals surface area contributed by atoms with Gasteiger partial charge in [-0.15, -0.1) is 0 Å². The molecule has 0 atom stereocenters. The second kappa shape index (κ2) is 5.07. The van der Waals surface area contributed by atoms with Gasteiger partial charge in [-0.25, -0.2) is 0 Å². The Morgan fingerprint density at radius 3 is 2.77 bits per heavy atom. The Kier molecular flexibility index (Phi) is 4.03. The minimum absolute atomic E-state index is 0.623. The van der Waals surface area contributed by atoms with Crippen molar-refractivity contribution in [3.8, 4) is 0 Å². The first-order valence-corrected chi connectivity index (χ1v) is 5.02. The SMILES string of the molecule is C/C=C(\C)OCc1ccccc1Br. The zero-order valence-electron chi connectivity index (χ0n) is 7.88. The fourth-order valence-electron chi connectivity index (χ4n) is 0.890. The molecule has 0 saturated heterocycles. The van der Waals surface area contributed by atoms with Crippen LogP contribution < -0.4 is 0 Å². The van der Waals surface area contributed by atoms with Crippen molar-refractivity contribution in [2.75, 3.05) is 0 Å². The van der Waals surface area contributed by atoms with E-state index in [0.29, 0.717) is 6.61 Å². The van der Waals surface area contributed by atoms with E-state index in [0.717, 1.165) is 10.2 Å². The molecule has 1 aromatic carbocycles. The van der Waals surface area contributed by atoms with Crippen molar-refractivity contribution < 1.29 is 4.74 Å². The Labute approximate surface area is 87.5 Å². The summed E-state index contributed by atoms with van der Waals surface area (Å²) in [6.45, 7) is 4.55. The molecular weight excluding hydrogens is 228 g/mol. The van der Waals surface area contributed by atoms with Crippen molar-refractivity contribution in [3.63, 3.8) is 0 Å². The second-order valence-corrected chi connectivity index (χ2v) is 3.63. The predicted octanol–water partition coefficient (Wildman–Crippen LogP) is 3.89. The summed E-state index contributed by atoms with van der Waals surface area (Å²) in [7, 11) is 0. The zero-order chi connectivity index (χ0) is 9.68. The van der Waals surface area contributed by atoms with Gasteiger partial charge in [0.1, 0.15) is 6.61 Å². The quantitative estimate of drug-likeness (QED) is 0.729. The van der Waals surface area contributed by atoms with Crippen molar-refractivity contribution in [3.05, 3.63) is 46.1 Å². The monoisotopic (exact) mass is 240 g/mol. The minimum atomic E-state index is 0.623. The van der Waals surface area contributed by atoms with Crippen molar-refractivity contribution in [1.82, 2.24) is 0 Å². The third-order valence-corrected chi connectivity index (χ3v) is 2.59. The Balaban J connectivity index is 2.60. The van der Waals surface area contributed by atoms with Crippen LogP contribution in [0.15, 0.2) is 40.6 Å². The average Bonchev–Trinajstić information content (AvgIpc) is 2.16. The highest BCUT2D eigenvalue weighted by atomic mass is 79.9. The highest BCUT2D eigenvalue weighted by Gasteiger charge is 1.97. The van der Waals surface area contributed by atoms with Crippen LogP contribution in [-0.4, -0.2) is 0 Å². The molecule has 0 radical (unpaired) electrons. The lowest BCUT2D eigenvalue weighted by Crippen LogP contribution is -1.91. The van der Waals surface area contributed by atoms with Crippen LogP contribution in [0.3, 0.4) is 0 Å². The molecule has 0 amide bonds. The summed E-state index contributed by atoms with van der Waals surface area (Å²) in [5, 5.41) is 0. The maximum absolute atomic E-state index is 5.49. The van der Waals surface area contributed by atoms with Gasteiger partial charge in [0.25, 0.3) is 0 Å². The molecule has 0 aliphatic rings. The van der Waals surface area contributed by atoms with Gasteiger partial charge in [0.05, 0.1) is 5.76 Å². The van der Waals surface area contributed by atoms with Crippen molar-refractivity contribution in [1.29, 1.82) is 0 Å². The van der Waals surface area contributed by atoms with Gasteiger partial charge in [-0.2, -0.15) is 0 Å². The molecule has 0 aromatic heterocycles. The largest absolute Gasteiger partial charge is 0.494 e. The third-order valence-electron chi connectivity index (χ3n) is 1.82. The fraction of sp³-hybridized carbons (Fsp3) is 0.273. The summed E-state index contributed by atoms with van der Waals surface area (Å²) >= 11 is 3.47. The van der Waals surface area contributed by atoms with E-state index in [-0.39, 0.29) is 0 Å². The zero-order valence-corrected chi connectivity index (χ0v) is 9.47. The smallest absolute Gasteiger partial charge is 0.114 e. The number of ether oxygens (including phenoxy) is 1. The molecule has 0 aliphatic heterocycles. The summed E-state index contributed by atoms with van der Waals surface area (Å²) in [5.74, 6) is 0.954. The Bertz CT molecular complexity index is 305. The van der Waals surface area contributed by atoms with Crippen LogP contribution in [0.1, 0.15) is 19.4 Å². The normalized spacial score (nSPS) is 11.5. The van der Waals surface area contributed by atoms with Gasteiger partial charge >= 0.3 is 0 Å². The number of hydrogen-bond donors (Lipinski definition) is 0. The number of halogens is 1. The van der Waals surface area contributed by atoms with Crippen molar-refractivity contribution in [2.24, 2.45) is 0 Å². The lowest BCUT2D eigenvalue weighted by molar-refractivity contribution is 0.199. The molecule has 0 fully saturated rings. The lowest BCUT2D eigenvalue weighted by Gasteiger charge is -2.07. The summed E-state index contributed by atoms with van der Waals surface area (Å²) in [6, 6.07) is 8.07. The Morgan fingerprint density at radius 1 is 1.46 bits per heavy atom. The van der Waals surface area contributed by atoms with Crippen molar-refractivity contribution >= 4 is 15.9 Å². The molecule has 2 heteroatoms. The molecule has 0 saturated carbocycles. The fourth-order valence-corrected chi connectivity index (χ4v) is 1.29. The standard InChI is InChI=1S/C11H13BrO/c1-3-9(2)13-8-10-6-4-5-7-11(10)12/h3-7H,8H2,1-2H3/b9-3+. The van der Waals surface area contributed by atoms with Crippen LogP contribution in [0.25, 0.3) is 0 Å². The molecule has 1 aromatic rings. The number of hydrogen-bond acceptors (Lipinski definition) is 1. The van der Waals surface area contributed by atoms with E-state index in [4.69, 9.17) is 4.74 Å². The molecule has 0 spiro atoms. The molecule has 0 aliphatic carbocycles. The maximum Gasteiger partial charge on any atom is 0.114 e. The van der Waals surface area contributed by atoms with E-state index in [1.807, 2.05) is 44.2 Å². The van der Waals surface area contributed by atoms with Gasteiger partial charge in [-0.05, 0) is 26.0 Å². The number of benzene rings is 1. The van der Waals surface area contributed by atoms with Crippen LogP contribution in [0.5, 0.6) is 0 Å². The number of allylic oxidation sites excluding steroid dienone is 2. The summed E-state index contributed by atoms with van der Waals surface area (Å²) in [5.41, 5.74) is 1.17. The second-order valence-electron chi connectivity index (χ2n) is 2.78. The molecule has 1 nitrogen and oxygen atoms in total. The summed E-state index contributed by atoms with van der Waals surface area (Å²) in [6.07, 6.45) is 1.96. The van der Waals surface area contributed by atoms with E-state index in [2.05, 4.69) is 15.9 Å². The molecule has 0 bridgehead atoms. The van der Waals surface area contributed by atoms with Crippen LogP contribution in [0, 0.1) is 0 Å². The van der Waals surface area contributed by atoms with Gasteiger partial charge in [-0.3, -0.25) is 0 Å². The van der Waals surface area contributed by atoms with Crippen LogP contribution in [-0.2, 0) is 11.3 Å². The van der Waals surface area contributed by atoms with Gasteiger partial charge in [0, 0.05) is 10.0 Å². The van der Waals surface area contributed by atoms with E-state index < -0.39 is 0 Å². The van der Waals surface area contributed by atoms with Gasteiger partial charge in [0.15, 0.2) is 0 Å². The number of rotatable bonds is 3. The highest BCUT2D eigenvalue weighted by molar-refractivity contribution is 9.10. The van der Waals surface area contributed by atoms with Gasteiger partial charge < -0.3 is 4.74 Å². The molecule has 0 heterocycles. The van der Waals surface area contributed by atoms with Crippen LogP contribution in [0.2, 0.25) is 0 Å². The van der Waals surface area contributed by atoms with Gasteiger partial charge in [0.2, 0.25) is 0 Å². The summed E-state index contributed by atoms with van der Waals surface area (Å²) in [4.78, 5) is 0. The molecule has 13 heavy (non-hydrogen) atoms. The minimum Gasteiger partial charge on any atom is -0.494 e. The Hall–Kier alpha value is -0.760. The van der Waals surface area contributed by atoms with Crippen LogP contribution >= 0.6 is 15.9 Å². The molecule has 0 unspecified atom stereocenters. The van der Waals surface area contributed by atoms with E-state index in [1.165, 1.54) is 5.56 Å². The first-order valence-electron chi connectivity index (χ1n) is 4.23. The first kappa shape index (κ1) is 10.3. The predicted molar refractivity (Wildman–Crippen MR) is 58.4 cm³/mol. The lowest BCUT2D eigenvalue weighted by atomic mass is 10.2. The Morgan fingerprint density at radius 2 is 2.15 bits per heavy atom. The van der Waals surface area contributed by atoms with E-state index in [9.17, 15) is 0 Å². The third kappa shape index (κ3) is 3.23. The molecule has 0 N–H and O–H groups in total. The maximum atomic E-state index is 5.49. The average molecular weight is 241 g/mol. The van der Waals surface area contributed by atoms with Gasteiger partial charge in [-0.1, -0.05) is 34.1 Å². The van der Waals surface area contributed by atoms with E-state index >= 15 is 0 Å². The first-order chi connectivity index (χ1) is 6.24. The molecule has 70 valence electrons. The topological polar surface area (TPSA) is 9.23 Å². The molecular formula is C11H13BrO. The molecule has 1 rings (SSSR count). The highest BCUT2D eigenvalue weighted by Crippen LogP contribution is 2.17. The van der Waals surface area contributed by atoms with Crippen LogP contribution in [0.4, 0.5) is 0 Å².